The molecule has 1 N–H and O–H groups in total. The Kier molecular flexibility index (Phi) is 6.29. The minimum absolute atomic E-state index is 0.256. The maximum atomic E-state index is 12.9. The van der Waals surface area contributed by atoms with Crippen LogP contribution in [-0.4, -0.2) is 40.5 Å². The number of rotatable bonds is 6. The largest absolute Gasteiger partial charge is 0.492 e. The summed E-state index contributed by atoms with van der Waals surface area (Å²) >= 11 is 5.85. The van der Waals surface area contributed by atoms with Crippen LogP contribution in [0.25, 0.3) is 5.69 Å². The van der Waals surface area contributed by atoms with E-state index in [9.17, 15) is 9.59 Å². The molecule has 152 valence electrons. The van der Waals surface area contributed by atoms with Crippen molar-refractivity contribution in [2.75, 3.05) is 25.5 Å². The number of halogens is 1. The van der Waals surface area contributed by atoms with Crippen LogP contribution in [0.4, 0.5) is 10.5 Å². The summed E-state index contributed by atoms with van der Waals surface area (Å²) in [5.41, 5.74) is 1.37. The number of anilines is 1. The molecule has 3 aromatic rings. The van der Waals surface area contributed by atoms with Gasteiger partial charge >= 0.3 is 6.03 Å². The molecule has 8 heteroatoms. The molecule has 0 spiro atoms. The van der Waals surface area contributed by atoms with E-state index in [4.69, 9.17) is 16.3 Å². The second kappa shape index (κ2) is 8.87. The molecule has 1 aromatic heterocycles. The number of benzene rings is 2. The lowest BCUT2D eigenvalue weighted by Crippen LogP contribution is -2.36. The van der Waals surface area contributed by atoms with Gasteiger partial charge in [0.15, 0.2) is 0 Å². The number of aromatic nitrogens is 2. The summed E-state index contributed by atoms with van der Waals surface area (Å²) in [5.74, 6) is 0.674. The van der Waals surface area contributed by atoms with Gasteiger partial charge in [-0.15, -0.1) is 0 Å². The summed E-state index contributed by atoms with van der Waals surface area (Å²) in [5, 5.41) is 3.36. The SMILES string of the molecule is Cc1c(NC(=O)N(C)CCOc2ccc(Cl)cc2)c(=O)n(-c2ccccc2)n1C. The van der Waals surface area contributed by atoms with Crippen LogP contribution in [0, 0.1) is 6.92 Å². The Morgan fingerprint density at radius 2 is 1.79 bits per heavy atom. The van der Waals surface area contributed by atoms with Crippen LogP contribution in [0.1, 0.15) is 5.69 Å². The number of ether oxygens (including phenoxy) is 1. The van der Waals surface area contributed by atoms with Crippen LogP contribution in [0.2, 0.25) is 5.02 Å². The topological polar surface area (TPSA) is 68.5 Å². The lowest BCUT2D eigenvalue weighted by molar-refractivity contribution is 0.207. The van der Waals surface area contributed by atoms with Crippen molar-refractivity contribution in [3.8, 4) is 11.4 Å². The van der Waals surface area contributed by atoms with E-state index in [2.05, 4.69) is 5.32 Å². The lowest BCUT2D eigenvalue weighted by Gasteiger charge is -2.17. The molecule has 0 saturated heterocycles. The lowest BCUT2D eigenvalue weighted by atomic mass is 10.3. The van der Waals surface area contributed by atoms with Crippen LogP contribution < -0.4 is 15.6 Å². The molecular formula is C21H23ClN4O3. The van der Waals surface area contributed by atoms with Crippen molar-refractivity contribution in [1.82, 2.24) is 14.3 Å². The Labute approximate surface area is 174 Å². The zero-order chi connectivity index (χ0) is 21.0. The normalized spacial score (nSPS) is 10.6. The number of para-hydroxylation sites is 1. The third-order valence-electron chi connectivity index (χ3n) is 4.64. The molecule has 0 aliphatic heterocycles. The molecule has 1 heterocycles. The number of carbonyl (C=O) groups excluding carboxylic acids is 1. The Morgan fingerprint density at radius 1 is 1.14 bits per heavy atom. The molecule has 0 saturated carbocycles. The van der Waals surface area contributed by atoms with E-state index in [0.717, 1.165) is 5.69 Å². The van der Waals surface area contributed by atoms with Crippen molar-refractivity contribution in [2.24, 2.45) is 7.05 Å². The van der Waals surface area contributed by atoms with E-state index in [1.807, 2.05) is 30.3 Å². The molecular weight excluding hydrogens is 392 g/mol. The number of nitrogens with zero attached hydrogens (tertiary/aromatic N) is 3. The summed E-state index contributed by atoms with van der Waals surface area (Å²) in [4.78, 5) is 26.9. The summed E-state index contributed by atoms with van der Waals surface area (Å²) in [7, 11) is 3.43. The van der Waals surface area contributed by atoms with E-state index < -0.39 is 0 Å². The standard InChI is InChI=1S/C21H23ClN4O3/c1-15-19(20(27)26(25(15)3)17-7-5-4-6-8-17)23-21(28)24(2)13-14-29-18-11-9-16(22)10-12-18/h4-12H,13-14H2,1-3H3,(H,23,28). The minimum atomic E-state index is -0.379. The third-order valence-corrected chi connectivity index (χ3v) is 4.89. The number of hydrogen-bond acceptors (Lipinski definition) is 3. The molecule has 2 amide bonds. The molecule has 2 aromatic carbocycles. The fourth-order valence-electron chi connectivity index (χ4n) is 2.85. The molecule has 0 bridgehead atoms. The van der Waals surface area contributed by atoms with Crippen molar-refractivity contribution in [3.05, 3.63) is 75.7 Å². The van der Waals surface area contributed by atoms with Gasteiger partial charge in [-0.1, -0.05) is 29.8 Å². The first kappa shape index (κ1) is 20.5. The molecule has 0 unspecified atom stereocenters. The molecule has 0 atom stereocenters. The van der Waals surface area contributed by atoms with E-state index in [1.165, 1.54) is 9.58 Å². The van der Waals surface area contributed by atoms with Gasteiger partial charge in [0.1, 0.15) is 18.0 Å². The molecule has 0 aliphatic carbocycles. The Bertz CT molecular complexity index is 1040. The highest BCUT2D eigenvalue weighted by atomic mass is 35.5. The summed E-state index contributed by atoms with van der Waals surface area (Å²) in [6.07, 6.45) is 0. The van der Waals surface area contributed by atoms with Gasteiger partial charge in [-0.05, 0) is 43.3 Å². The van der Waals surface area contributed by atoms with Crippen molar-refractivity contribution in [2.45, 2.75) is 6.92 Å². The molecule has 29 heavy (non-hydrogen) atoms. The van der Waals surface area contributed by atoms with Gasteiger partial charge in [-0.25, -0.2) is 9.48 Å². The third kappa shape index (κ3) is 4.63. The monoisotopic (exact) mass is 414 g/mol. The number of hydrogen-bond donors (Lipinski definition) is 1. The van der Waals surface area contributed by atoms with E-state index in [0.29, 0.717) is 29.6 Å². The van der Waals surface area contributed by atoms with Gasteiger partial charge < -0.3 is 15.0 Å². The van der Waals surface area contributed by atoms with Crippen molar-refractivity contribution in [1.29, 1.82) is 0 Å². The molecule has 3 rings (SSSR count). The maximum Gasteiger partial charge on any atom is 0.321 e. The Balaban J connectivity index is 1.65. The molecule has 0 fully saturated rings. The number of carbonyl (C=O) groups is 1. The second-order valence-corrected chi connectivity index (χ2v) is 7.03. The van der Waals surface area contributed by atoms with Gasteiger partial charge in [0.05, 0.1) is 17.9 Å². The van der Waals surface area contributed by atoms with E-state index in [1.54, 1.807) is 50.0 Å². The van der Waals surface area contributed by atoms with Crippen LogP contribution in [0.5, 0.6) is 5.75 Å². The predicted octanol–water partition coefficient (Wildman–Crippen LogP) is 3.68. The van der Waals surface area contributed by atoms with Crippen LogP contribution in [0.15, 0.2) is 59.4 Å². The quantitative estimate of drug-likeness (QED) is 0.669. The van der Waals surface area contributed by atoms with Gasteiger partial charge in [-0.2, -0.15) is 0 Å². The Hall–Kier alpha value is -3.19. The highest BCUT2D eigenvalue weighted by Crippen LogP contribution is 2.16. The average molecular weight is 415 g/mol. The van der Waals surface area contributed by atoms with Gasteiger partial charge in [0, 0.05) is 19.1 Å². The van der Waals surface area contributed by atoms with Crippen LogP contribution in [0.3, 0.4) is 0 Å². The second-order valence-electron chi connectivity index (χ2n) is 6.59. The molecule has 0 radical (unpaired) electrons. The van der Waals surface area contributed by atoms with Crippen molar-refractivity contribution >= 4 is 23.3 Å². The first-order chi connectivity index (χ1) is 13.9. The predicted molar refractivity (Wildman–Crippen MR) is 114 cm³/mol. The smallest absolute Gasteiger partial charge is 0.321 e. The summed E-state index contributed by atoms with van der Waals surface area (Å²) in [6.45, 7) is 2.46. The number of urea groups is 1. The highest BCUT2D eigenvalue weighted by molar-refractivity contribution is 6.30. The van der Waals surface area contributed by atoms with Crippen molar-refractivity contribution < 1.29 is 9.53 Å². The zero-order valence-corrected chi connectivity index (χ0v) is 17.3. The summed E-state index contributed by atoms with van der Waals surface area (Å²) < 4.78 is 8.85. The fourth-order valence-corrected chi connectivity index (χ4v) is 2.97. The van der Waals surface area contributed by atoms with Crippen LogP contribution >= 0.6 is 11.6 Å². The number of nitrogens with one attached hydrogen (secondary N) is 1. The summed E-state index contributed by atoms with van der Waals surface area (Å²) in [6, 6.07) is 15.9. The zero-order valence-electron chi connectivity index (χ0n) is 16.6. The van der Waals surface area contributed by atoms with Crippen LogP contribution in [-0.2, 0) is 7.05 Å². The minimum Gasteiger partial charge on any atom is -0.492 e. The maximum absolute atomic E-state index is 12.9. The van der Waals surface area contributed by atoms with Gasteiger partial charge in [0.25, 0.3) is 5.56 Å². The first-order valence-electron chi connectivity index (χ1n) is 9.13. The average Bonchev–Trinajstić information content (AvgIpc) is 2.93. The first-order valence-corrected chi connectivity index (χ1v) is 9.51. The van der Waals surface area contributed by atoms with E-state index in [-0.39, 0.29) is 17.3 Å². The van der Waals surface area contributed by atoms with Gasteiger partial charge in [-0.3, -0.25) is 9.48 Å². The van der Waals surface area contributed by atoms with Gasteiger partial charge in [0.2, 0.25) is 0 Å². The Morgan fingerprint density at radius 3 is 2.45 bits per heavy atom. The fraction of sp³-hybridized carbons (Fsp3) is 0.238. The highest BCUT2D eigenvalue weighted by Gasteiger charge is 2.19. The molecule has 7 nitrogen and oxygen atoms in total. The number of amides is 2. The number of likely N-dealkylation sites (N-methyl/N-ethyl adjacent to an activating group) is 1. The molecule has 0 aliphatic rings. The van der Waals surface area contributed by atoms with Crippen molar-refractivity contribution in [3.63, 3.8) is 0 Å². The van der Waals surface area contributed by atoms with E-state index >= 15 is 0 Å².